The van der Waals surface area contributed by atoms with Gasteiger partial charge in [-0.05, 0) is 42.2 Å². The average molecular weight is 257 g/mol. The molecule has 0 aromatic heterocycles. The molecule has 2 heteroatoms. The van der Waals surface area contributed by atoms with Gasteiger partial charge < -0.3 is 5.32 Å². The molecule has 0 aliphatic rings. The first-order valence-electron chi connectivity index (χ1n) is 6.84. The summed E-state index contributed by atoms with van der Waals surface area (Å²) in [5.41, 5.74) is 3.60. The van der Waals surface area contributed by atoms with Crippen LogP contribution in [0.5, 0.6) is 0 Å². The van der Waals surface area contributed by atoms with Crippen LogP contribution in [-0.2, 0) is 6.42 Å². The van der Waals surface area contributed by atoms with Crippen molar-refractivity contribution in [3.63, 3.8) is 0 Å². The standard InChI is InChI=1S/C17H20FN/c1-3-13-7-5-6-8-17(13)19-16(4-2)14-9-11-15(18)12-10-14/h5-12,16,19H,3-4H2,1-2H3. The molecule has 0 spiro atoms. The molecule has 1 nitrogen and oxygen atoms in total. The van der Waals surface area contributed by atoms with E-state index >= 15 is 0 Å². The van der Waals surface area contributed by atoms with E-state index in [1.54, 1.807) is 0 Å². The van der Waals surface area contributed by atoms with E-state index in [9.17, 15) is 4.39 Å². The third-order valence-electron chi connectivity index (χ3n) is 3.41. The van der Waals surface area contributed by atoms with E-state index in [1.807, 2.05) is 18.2 Å². The zero-order valence-corrected chi connectivity index (χ0v) is 11.5. The van der Waals surface area contributed by atoms with Crippen molar-refractivity contribution in [2.24, 2.45) is 0 Å². The number of benzene rings is 2. The number of nitrogens with one attached hydrogen (secondary N) is 1. The first-order valence-corrected chi connectivity index (χ1v) is 6.84. The van der Waals surface area contributed by atoms with Gasteiger partial charge in [0, 0.05) is 5.69 Å². The number of rotatable bonds is 5. The molecule has 1 N–H and O–H groups in total. The van der Waals surface area contributed by atoms with E-state index < -0.39 is 0 Å². The van der Waals surface area contributed by atoms with Crippen LogP contribution >= 0.6 is 0 Å². The smallest absolute Gasteiger partial charge is 0.123 e. The number of hydrogen-bond donors (Lipinski definition) is 1. The van der Waals surface area contributed by atoms with E-state index in [0.29, 0.717) is 0 Å². The summed E-state index contributed by atoms with van der Waals surface area (Å²) in [6, 6.07) is 15.3. The monoisotopic (exact) mass is 257 g/mol. The van der Waals surface area contributed by atoms with E-state index in [0.717, 1.165) is 18.4 Å². The Bertz CT molecular complexity index is 519. The number of para-hydroxylation sites is 1. The number of aryl methyl sites for hydroxylation is 1. The lowest BCUT2D eigenvalue weighted by atomic mass is 10.0. The van der Waals surface area contributed by atoms with Crippen LogP contribution in [0.1, 0.15) is 37.4 Å². The Kier molecular flexibility index (Phi) is 4.56. The van der Waals surface area contributed by atoms with Gasteiger partial charge in [-0.1, -0.05) is 44.2 Å². The van der Waals surface area contributed by atoms with Gasteiger partial charge >= 0.3 is 0 Å². The molecule has 2 aromatic carbocycles. The summed E-state index contributed by atoms with van der Waals surface area (Å²) in [6.45, 7) is 4.29. The van der Waals surface area contributed by atoms with E-state index in [-0.39, 0.29) is 11.9 Å². The first-order chi connectivity index (χ1) is 9.24. The Morgan fingerprint density at radius 3 is 2.32 bits per heavy atom. The molecule has 0 bridgehead atoms. The summed E-state index contributed by atoms with van der Waals surface area (Å²) in [6.07, 6.45) is 1.96. The van der Waals surface area contributed by atoms with Crippen LogP contribution in [0.15, 0.2) is 48.5 Å². The van der Waals surface area contributed by atoms with Crippen molar-refractivity contribution in [2.75, 3.05) is 5.32 Å². The normalized spacial score (nSPS) is 12.2. The average Bonchev–Trinajstić information content (AvgIpc) is 2.46. The zero-order chi connectivity index (χ0) is 13.7. The van der Waals surface area contributed by atoms with Gasteiger partial charge in [0.05, 0.1) is 6.04 Å². The molecule has 0 amide bonds. The molecule has 0 aliphatic heterocycles. The molecule has 2 rings (SSSR count). The molecule has 2 aromatic rings. The fourth-order valence-corrected chi connectivity index (χ4v) is 2.27. The number of anilines is 1. The second-order valence-electron chi connectivity index (χ2n) is 4.67. The van der Waals surface area contributed by atoms with Gasteiger partial charge in [0.15, 0.2) is 0 Å². The van der Waals surface area contributed by atoms with Crippen LogP contribution in [-0.4, -0.2) is 0 Å². The maximum Gasteiger partial charge on any atom is 0.123 e. The zero-order valence-electron chi connectivity index (χ0n) is 11.5. The second-order valence-corrected chi connectivity index (χ2v) is 4.67. The van der Waals surface area contributed by atoms with Crippen molar-refractivity contribution in [1.82, 2.24) is 0 Å². The highest BCUT2D eigenvalue weighted by atomic mass is 19.1. The summed E-state index contributed by atoms with van der Waals surface area (Å²) in [5, 5.41) is 3.56. The minimum Gasteiger partial charge on any atom is -0.378 e. The molecule has 1 atom stereocenters. The molecular weight excluding hydrogens is 237 g/mol. The van der Waals surface area contributed by atoms with Gasteiger partial charge in [-0.15, -0.1) is 0 Å². The Morgan fingerprint density at radius 1 is 1.00 bits per heavy atom. The molecular formula is C17H20FN. The predicted octanol–water partition coefficient (Wildman–Crippen LogP) is 4.95. The van der Waals surface area contributed by atoms with E-state index in [2.05, 4.69) is 37.4 Å². The Morgan fingerprint density at radius 2 is 1.68 bits per heavy atom. The van der Waals surface area contributed by atoms with Gasteiger partial charge in [0.1, 0.15) is 5.82 Å². The van der Waals surface area contributed by atoms with Crippen molar-refractivity contribution >= 4 is 5.69 Å². The minimum absolute atomic E-state index is 0.187. The molecule has 0 heterocycles. The minimum atomic E-state index is -0.187. The molecule has 0 saturated carbocycles. The third kappa shape index (κ3) is 3.34. The Labute approximate surface area is 114 Å². The van der Waals surface area contributed by atoms with Crippen molar-refractivity contribution < 1.29 is 4.39 Å². The van der Waals surface area contributed by atoms with Crippen molar-refractivity contribution in [3.8, 4) is 0 Å². The van der Waals surface area contributed by atoms with Crippen LogP contribution in [0.25, 0.3) is 0 Å². The highest BCUT2D eigenvalue weighted by Crippen LogP contribution is 2.25. The van der Waals surface area contributed by atoms with Crippen LogP contribution in [0.3, 0.4) is 0 Å². The lowest BCUT2D eigenvalue weighted by molar-refractivity contribution is 0.625. The van der Waals surface area contributed by atoms with Crippen molar-refractivity contribution in [2.45, 2.75) is 32.7 Å². The summed E-state index contributed by atoms with van der Waals surface area (Å²) >= 11 is 0. The quantitative estimate of drug-likeness (QED) is 0.799. The molecule has 1 unspecified atom stereocenters. The molecule has 0 fully saturated rings. The first kappa shape index (κ1) is 13.6. The highest BCUT2D eigenvalue weighted by molar-refractivity contribution is 5.52. The maximum absolute atomic E-state index is 13.0. The maximum atomic E-state index is 13.0. The summed E-state index contributed by atoms with van der Waals surface area (Å²) in [5.74, 6) is -0.187. The predicted molar refractivity (Wildman–Crippen MR) is 78.9 cm³/mol. The fraction of sp³-hybridized carbons (Fsp3) is 0.294. The van der Waals surface area contributed by atoms with Crippen molar-refractivity contribution in [1.29, 1.82) is 0 Å². The van der Waals surface area contributed by atoms with Crippen LogP contribution in [0, 0.1) is 5.82 Å². The summed E-state index contributed by atoms with van der Waals surface area (Å²) < 4.78 is 13.0. The Hall–Kier alpha value is -1.83. The van der Waals surface area contributed by atoms with E-state index in [1.165, 1.54) is 23.4 Å². The van der Waals surface area contributed by atoms with Gasteiger partial charge in [-0.25, -0.2) is 4.39 Å². The topological polar surface area (TPSA) is 12.0 Å². The molecule has 100 valence electrons. The van der Waals surface area contributed by atoms with Crippen LogP contribution < -0.4 is 5.32 Å². The van der Waals surface area contributed by atoms with E-state index in [4.69, 9.17) is 0 Å². The highest BCUT2D eigenvalue weighted by Gasteiger charge is 2.10. The molecule has 0 radical (unpaired) electrons. The summed E-state index contributed by atoms with van der Waals surface area (Å²) in [4.78, 5) is 0. The second kappa shape index (κ2) is 6.37. The number of hydrogen-bond acceptors (Lipinski definition) is 1. The largest absolute Gasteiger partial charge is 0.378 e. The van der Waals surface area contributed by atoms with Gasteiger partial charge in [0.2, 0.25) is 0 Å². The van der Waals surface area contributed by atoms with Crippen LogP contribution in [0.2, 0.25) is 0 Å². The van der Waals surface area contributed by atoms with Gasteiger partial charge in [-0.3, -0.25) is 0 Å². The fourth-order valence-electron chi connectivity index (χ4n) is 2.27. The SMILES string of the molecule is CCc1ccccc1NC(CC)c1ccc(F)cc1. The number of halogens is 1. The van der Waals surface area contributed by atoms with Gasteiger partial charge in [0.25, 0.3) is 0 Å². The molecule has 19 heavy (non-hydrogen) atoms. The lowest BCUT2D eigenvalue weighted by Crippen LogP contribution is -2.11. The lowest BCUT2D eigenvalue weighted by Gasteiger charge is -2.20. The molecule has 0 saturated heterocycles. The van der Waals surface area contributed by atoms with Crippen molar-refractivity contribution in [3.05, 3.63) is 65.5 Å². The third-order valence-corrected chi connectivity index (χ3v) is 3.41. The summed E-state index contributed by atoms with van der Waals surface area (Å²) in [7, 11) is 0. The molecule has 0 aliphatic carbocycles. The Balaban J connectivity index is 2.21. The van der Waals surface area contributed by atoms with Crippen LogP contribution in [0.4, 0.5) is 10.1 Å². The van der Waals surface area contributed by atoms with Gasteiger partial charge in [-0.2, -0.15) is 0 Å².